The minimum Gasteiger partial charge on any atom is -0.466 e. The van der Waals surface area contributed by atoms with E-state index in [4.69, 9.17) is 4.74 Å². The Morgan fingerprint density at radius 3 is 2.92 bits per heavy atom. The molecule has 0 aromatic rings. The molecule has 13 heavy (non-hydrogen) atoms. The van der Waals surface area contributed by atoms with E-state index in [2.05, 4.69) is 15.9 Å². The number of esters is 1. The lowest BCUT2D eigenvalue weighted by molar-refractivity contribution is -0.149. The molecule has 1 aliphatic carbocycles. The van der Waals surface area contributed by atoms with Crippen LogP contribution in [-0.2, 0) is 9.53 Å². The number of hydrogen-bond acceptors (Lipinski definition) is 2. The molecular weight excluding hydrogens is 232 g/mol. The van der Waals surface area contributed by atoms with Crippen LogP contribution in [0.15, 0.2) is 0 Å². The van der Waals surface area contributed by atoms with Gasteiger partial charge in [0.2, 0.25) is 0 Å². The highest BCUT2D eigenvalue weighted by atomic mass is 79.9. The molecule has 1 fully saturated rings. The Morgan fingerprint density at radius 2 is 2.31 bits per heavy atom. The maximum absolute atomic E-state index is 11.4. The number of alkyl halides is 1. The standard InChI is InChI=1S/C10H17BrO2/c1-2-13-10(12)9-5-3-4-8(6-9)7-11/h8-9H,2-7H2,1H3. The van der Waals surface area contributed by atoms with Crippen LogP contribution in [-0.4, -0.2) is 17.9 Å². The topological polar surface area (TPSA) is 26.3 Å². The molecule has 76 valence electrons. The zero-order chi connectivity index (χ0) is 9.68. The SMILES string of the molecule is CCOC(=O)C1CCCC(CBr)C1. The molecule has 0 aromatic heterocycles. The minimum absolute atomic E-state index is 0.00755. The molecule has 1 aliphatic rings. The second kappa shape index (κ2) is 5.63. The number of rotatable bonds is 3. The van der Waals surface area contributed by atoms with Crippen molar-refractivity contribution < 1.29 is 9.53 Å². The summed E-state index contributed by atoms with van der Waals surface area (Å²) in [5, 5.41) is 1.02. The van der Waals surface area contributed by atoms with Crippen molar-refractivity contribution in [2.75, 3.05) is 11.9 Å². The van der Waals surface area contributed by atoms with Gasteiger partial charge in [-0.05, 0) is 32.1 Å². The molecule has 0 radical (unpaired) electrons. The summed E-state index contributed by atoms with van der Waals surface area (Å²) in [4.78, 5) is 11.4. The van der Waals surface area contributed by atoms with Gasteiger partial charge in [-0.1, -0.05) is 22.4 Å². The molecule has 0 N–H and O–H groups in total. The molecule has 0 spiro atoms. The summed E-state index contributed by atoms with van der Waals surface area (Å²) in [5.74, 6) is 0.840. The molecule has 0 aliphatic heterocycles. The Hall–Kier alpha value is -0.0500. The number of hydrogen-bond donors (Lipinski definition) is 0. The van der Waals surface area contributed by atoms with Crippen molar-refractivity contribution >= 4 is 21.9 Å². The summed E-state index contributed by atoms with van der Waals surface area (Å²) in [6.45, 7) is 2.37. The lowest BCUT2D eigenvalue weighted by Crippen LogP contribution is -2.25. The summed E-state index contributed by atoms with van der Waals surface area (Å²) in [6.07, 6.45) is 4.44. The van der Waals surface area contributed by atoms with E-state index in [9.17, 15) is 4.79 Å². The lowest BCUT2D eigenvalue weighted by Gasteiger charge is -2.26. The summed E-state index contributed by atoms with van der Waals surface area (Å²) >= 11 is 3.47. The van der Waals surface area contributed by atoms with Crippen LogP contribution in [0.4, 0.5) is 0 Å². The smallest absolute Gasteiger partial charge is 0.308 e. The van der Waals surface area contributed by atoms with Crippen molar-refractivity contribution in [3.63, 3.8) is 0 Å². The largest absolute Gasteiger partial charge is 0.466 e. The highest BCUT2D eigenvalue weighted by molar-refractivity contribution is 9.09. The fraction of sp³-hybridized carbons (Fsp3) is 0.900. The van der Waals surface area contributed by atoms with Crippen molar-refractivity contribution in [3.05, 3.63) is 0 Å². The molecule has 0 saturated heterocycles. The quantitative estimate of drug-likeness (QED) is 0.567. The van der Waals surface area contributed by atoms with Crippen LogP contribution in [0, 0.1) is 11.8 Å². The van der Waals surface area contributed by atoms with Crippen LogP contribution in [0.3, 0.4) is 0 Å². The fourth-order valence-electron chi connectivity index (χ4n) is 1.91. The molecule has 1 rings (SSSR count). The van der Waals surface area contributed by atoms with Gasteiger partial charge >= 0.3 is 5.97 Å². The van der Waals surface area contributed by atoms with Gasteiger partial charge in [0.25, 0.3) is 0 Å². The van der Waals surface area contributed by atoms with Crippen LogP contribution >= 0.6 is 15.9 Å². The Labute approximate surface area is 88.2 Å². The van der Waals surface area contributed by atoms with Gasteiger partial charge in [-0.3, -0.25) is 4.79 Å². The number of carbonyl (C=O) groups is 1. The average Bonchev–Trinajstić information content (AvgIpc) is 2.18. The van der Waals surface area contributed by atoms with Crippen LogP contribution in [0.5, 0.6) is 0 Å². The van der Waals surface area contributed by atoms with Crippen molar-refractivity contribution in [3.8, 4) is 0 Å². The summed E-state index contributed by atoms with van der Waals surface area (Å²) in [5.41, 5.74) is 0. The highest BCUT2D eigenvalue weighted by Crippen LogP contribution is 2.30. The Bertz CT molecular complexity index is 170. The first-order valence-electron chi connectivity index (χ1n) is 5.00. The van der Waals surface area contributed by atoms with Gasteiger partial charge < -0.3 is 4.74 Å². The van der Waals surface area contributed by atoms with Gasteiger partial charge in [-0.25, -0.2) is 0 Å². The van der Waals surface area contributed by atoms with E-state index in [0.29, 0.717) is 12.5 Å². The minimum atomic E-state index is 0.00755. The maximum Gasteiger partial charge on any atom is 0.308 e. The molecule has 3 heteroatoms. The van der Waals surface area contributed by atoms with E-state index in [1.165, 1.54) is 12.8 Å². The third-order valence-electron chi connectivity index (χ3n) is 2.62. The molecular formula is C10H17BrO2. The van der Waals surface area contributed by atoms with Crippen LogP contribution in [0.2, 0.25) is 0 Å². The molecule has 0 heterocycles. The first-order valence-corrected chi connectivity index (χ1v) is 6.12. The third kappa shape index (κ3) is 3.29. The molecule has 0 bridgehead atoms. The van der Waals surface area contributed by atoms with E-state index in [1.54, 1.807) is 0 Å². The Balaban J connectivity index is 2.37. The predicted molar refractivity (Wildman–Crippen MR) is 55.9 cm³/mol. The van der Waals surface area contributed by atoms with Crippen molar-refractivity contribution in [1.29, 1.82) is 0 Å². The van der Waals surface area contributed by atoms with Gasteiger partial charge in [-0.2, -0.15) is 0 Å². The second-order valence-corrected chi connectivity index (χ2v) is 4.28. The summed E-state index contributed by atoms with van der Waals surface area (Å²) in [6, 6.07) is 0. The second-order valence-electron chi connectivity index (χ2n) is 3.64. The lowest BCUT2D eigenvalue weighted by atomic mass is 9.82. The molecule has 2 atom stereocenters. The highest BCUT2D eigenvalue weighted by Gasteiger charge is 2.27. The zero-order valence-corrected chi connectivity index (χ0v) is 9.68. The average molecular weight is 249 g/mol. The zero-order valence-electron chi connectivity index (χ0n) is 8.09. The van der Waals surface area contributed by atoms with E-state index in [-0.39, 0.29) is 11.9 Å². The van der Waals surface area contributed by atoms with E-state index >= 15 is 0 Å². The maximum atomic E-state index is 11.4. The van der Waals surface area contributed by atoms with E-state index < -0.39 is 0 Å². The molecule has 0 amide bonds. The van der Waals surface area contributed by atoms with E-state index in [0.717, 1.165) is 18.2 Å². The van der Waals surface area contributed by atoms with Gasteiger partial charge in [-0.15, -0.1) is 0 Å². The molecule has 1 saturated carbocycles. The van der Waals surface area contributed by atoms with Crippen LogP contribution < -0.4 is 0 Å². The fourth-order valence-corrected chi connectivity index (χ4v) is 2.49. The van der Waals surface area contributed by atoms with Gasteiger partial charge in [0.05, 0.1) is 12.5 Å². The summed E-state index contributed by atoms with van der Waals surface area (Å²) in [7, 11) is 0. The van der Waals surface area contributed by atoms with Crippen molar-refractivity contribution in [1.82, 2.24) is 0 Å². The summed E-state index contributed by atoms with van der Waals surface area (Å²) < 4.78 is 5.02. The normalized spacial score (nSPS) is 28.5. The first-order chi connectivity index (χ1) is 6.27. The number of carbonyl (C=O) groups excluding carboxylic acids is 1. The molecule has 2 unspecified atom stereocenters. The monoisotopic (exact) mass is 248 g/mol. The van der Waals surface area contributed by atoms with Crippen molar-refractivity contribution in [2.45, 2.75) is 32.6 Å². The Kier molecular flexibility index (Phi) is 4.78. The molecule has 0 aromatic carbocycles. The van der Waals surface area contributed by atoms with Gasteiger partial charge in [0, 0.05) is 5.33 Å². The van der Waals surface area contributed by atoms with Gasteiger partial charge in [0.1, 0.15) is 0 Å². The predicted octanol–water partition coefficient (Wildman–Crippen LogP) is 2.75. The third-order valence-corrected chi connectivity index (χ3v) is 3.54. The Morgan fingerprint density at radius 1 is 1.54 bits per heavy atom. The van der Waals surface area contributed by atoms with Crippen LogP contribution in [0.25, 0.3) is 0 Å². The van der Waals surface area contributed by atoms with E-state index in [1.807, 2.05) is 6.92 Å². The van der Waals surface area contributed by atoms with Crippen molar-refractivity contribution in [2.24, 2.45) is 11.8 Å². The van der Waals surface area contributed by atoms with Crippen LogP contribution in [0.1, 0.15) is 32.6 Å². The molecule has 2 nitrogen and oxygen atoms in total. The van der Waals surface area contributed by atoms with Gasteiger partial charge in [0.15, 0.2) is 0 Å². The number of ether oxygens (including phenoxy) is 1. The first kappa shape index (κ1) is 11.0. The number of halogens is 1.